The van der Waals surface area contributed by atoms with Crippen molar-refractivity contribution in [2.45, 2.75) is 19.8 Å². The summed E-state index contributed by atoms with van der Waals surface area (Å²) >= 11 is 4.36. The second-order valence-electron chi connectivity index (χ2n) is 3.85. The van der Waals surface area contributed by atoms with Gasteiger partial charge in [-0.05, 0) is 18.1 Å². The Labute approximate surface area is 99.2 Å². The highest BCUT2D eigenvalue weighted by Crippen LogP contribution is 2.10. The van der Waals surface area contributed by atoms with E-state index in [9.17, 15) is 0 Å². The van der Waals surface area contributed by atoms with Crippen LogP contribution in [-0.2, 0) is 4.74 Å². The first-order valence-electron chi connectivity index (χ1n) is 5.71. The zero-order chi connectivity index (χ0) is 11.5. The van der Waals surface area contributed by atoms with Crippen LogP contribution in [-0.4, -0.2) is 55.7 Å². The molecule has 4 heteroatoms. The van der Waals surface area contributed by atoms with Crippen LogP contribution in [0.25, 0.3) is 0 Å². The number of aliphatic hydroxyl groups is 1. The van der Waals surface area contributed by atoms with Crippen molar-refractivity contribution < 1.29 is 9.84 Å². The van der Waals surface area contributed by atoms with Gasteiger partial charge in [0.1, 0.15) is 0 Å². The number of methoxy groups -OCH3 is 1. The van der Waals surface area contributed by atoms with Crippen LogP contribution >= 0.6 is 12.6 Å². The molecule has 0 saturated carbocycles. The SMILES string of the molecule is CCCC(CS)CN(CCO)CCOC. The lowest BCUT2D eigenvalue weighted by atomic mass is 10.1. The molecule has 1 unspecified atom stereocenters. The first-order valence-corrected chi connectivity index (χ1v) is 6.34. The lowest BCUT2D eigenvalue weighted by molar-refractivity contribution is 0.120. The highest BCUT2D eigenvalue weighted by Gasteiger charge is 2.11. The normalized spacial score (nSPS) is 13.4. The number of aliphatic hydroxyl groups excluding tert-OH is 1. The largest absolute Gasteiger partial charge is 0.395 e. The summed E-state index contributed by atoms with van der Waals surface area (Å²) in [6, 6.07) is 0. The van der Waals surface area contributed by atoms with Gasteiger partial charge in [-0.25, -0.2) is 0 Å². The van der Waals surface area contributed by atoms with Crippen molar-refractivity contribution in [3.63, 3.8) is 0 Å². The second-order valence-corrected chi connectivity index (χ2v) is 4.22. The smallest absolute Gasteiger partial charge is 0.0589 e. The minimum atomic E-state index is 0.217. The van der Waals surface area contributed by atoms with Crippen LogP contribution in [0.15, 0.2) is 0 Å². The third-order valence-corrected chi connectivity index (χ3v) is 3.02. The molecule has 0 rings (SSSR count). The van der Waals surface area contributed by atoms with Crippen LogP contribution in [0.1, 0.15) is 19.8 Å². The molecule has 0 amide bonds. The second kappa shape index (κ2) is 10.7. The maximum absolute atomic E-state index is 8.95. The molecule has 0 aromatic heterocycles. The Kier molecular flexibility index (Phi) is 10.9. The molecule has 0 aliphatic heterocycles. The van der Waals surface area contributed by atoms with Gasteiger partial charge < -0.3 is 9.84 Å². The molecule has 1 atom stereocenters. The van der Waals surface area contributed by atoms with Crippen molar-refractivity contribution in [2.75, 3.05) is 45.7 Å². The van der Waals surface area contributed by atoms with E-state index in [1.54, 1.807) is 7.11 Å². The number of hydrogen-bond donors (Lipinski definition) is 2. The van der Waals surface area contributed by atoms with Crippen LogP contribution in [0.5, 0.6) is 0 Å². The van der Waals surface area contributed by atoms with E-state index < -0.39 is 0 Å². The first kappa shape index (κ1) is 15.2. The molecule has 0 fully saturated rings. The Balaban J connectivity index is 3.87. The van der Waals surface area contributed by atoms with Gasteiger partial charge in [0, 0.05) is 26.7 Å². The molecule has 3 nitrogen and oxygen atoms in total. The molecule has 0 aliphatic carbocycles. The maximum Gasteiger partial charge on any atom is 0.0589 e. The van der Waals surface area contributed by atoms with Gasteiger partial charge in [-0.15, -0.1) is 0 Å². The van der Waals surface area contributed by atoms with Gasteiger partial charge in [0.05, 0.1) is 13.2 Å². The predicted molar refractivity (Wildman–Crippen MR) is 67.7 cm³/mol. The number of rotatable bonds is 10. The fourth-order valence-electron chi connectivity index (χ4n) is 1.67. The van der Waals surface area contributed by atoms with Crippen LogP contribution in [0.4, 0.5) is 0 Å². The molecule has 92 valence electrons. The van der Waals surface area contributed by atoms with Gasteiger partial charge in [0.25, 0.3) is 0 Å². The molecular formula is C11H25NO2S. The van der Waals surface area contributed by atoms with Crippen molar-refractivity contribution in [3.8, 4) is 0 Å². The Morgan fingerprint density at radius 1 is 1.40 bits per heavy atom. The lowest BCUT2D eigenvalue weighted by Gasteiger charge is -2.25. The van der Waals surface area contributed by atoms with Crippen LogP contribution in [0.2, 0.25) is 0 Å². The fourth-order valence-corrected chi connectivity index (χ4v) is 1.97. The quantitative estimate of drug-likeness (QED) is 0.560. The first-order chi connectivity index (χ1) is 7.28. The molecule has 0 heterocycles. The number of thiol groups is 1. The molecule has 15 heavy (non-hydrogen) atoms. The monoisotopic (exact) mass is 235 g/mol. The van der Waals surface area contributed by atoms with Crippen molar-refractivity contribution in [1.82, 2.24) is 4.90 Å². The molecule has 0 spiro atoms. The topological polar surface area (TPSA) is 32.7 Å². The zero-order valence-electron chi connectivity index (χ0n) is 9.98. The van der Waals surface area contributed by atoms with E-state index in [2.05, 4.69) is 24.5 Å². The van der Waals surface area contributed by atoms with Gasteiger partial charge in [-0.2, -0.15) is 12.6 Å². The Morgan fingerprint density at radius 3 is 2.60 bits per heavy atom. The summed E-state index contributed by atoms with van der Waals surface area (Å²) in [5.41, 5.74) is 0. The van der Waals surface area contributed by atoms with Gasteiger partial charge in [-0.3, -0.25) is 4.90 Å². The highest BCUT2D eigenvalue weighted by molar-refractivity contribution is 7.80. The summed E-state index contributed by atoms with van der Waals surface area (Å²) in [4.78, 5) is 2.25. The van der Waals surface area contributed by atoms with Crippen LogP contribution < -0.4 is 0 Å². The van der Waals surface area contributed by atoms with Gasteiger partial charge in [-0.1, -0.05) is 13.3 Å². The lowest BCUT2D eigenvalue weighted by Crippen LogP contribution is -2.35. The summed E-state index contributed by atoms with van der Waals surface area (Å²) in [5, 5.41) is 8.95. The summed E-state index contributed by atoms with van der Waals surface area (Å²) in [6.45, 7) is 5.78. The molecule has 0 aromatic carbocycles. The molecule has 1 N–H and O–H groups in total. The molecule has 0 aliphatic rings. The van der Waals surface area contributed by atoms with Gasteiger partial charge in [0.2, 0.25) is 0 Å². The Bertz CT molecular complexity index is 136. The van der Waals surface area contributed by atoms with E-state index in [0.29, 0.717) is 5.92 Å². The van der Waals surface area contributed by atoms with Crippen molar-refractivity contribution in [1.29, 1.82) is 0 Å². The van der Waals surface area contributed by atoms with Crippen LogP contribution in [0.3, 0.4) is 0 Å². The average Bonchev–Trinajstić information content (AvgIpc) is 2.25. The fraction of sp³-hybridized carbons (Fsp3) is 1.00. The summed E-state index contributed by atoms with van der Waals surface area (Å²) in [5.74, 6) is 1.55. The Hall–Kier alpha value is 0.230. The highest BCUT2D eigenvalue weighted by atomic mass is 32.1. The van der Waals surface area contributed by atoms with E-state index in [1.165, 1.54) is 12.8 Å². The number of hydrogen-bond acceptors (Lipinski definition) is 4. The average molecular weight is 235 g/mol. The summed E-state index contributed by atoms with van der Waals surface area (Å²) in [7, 11) is 1.71. The molecule has 0 aromatic rings. The number of ether oxygens (including phenoxy) is 1. The van der Waals surface area contributed by atoms with Crippen molar-refractivity contribution in [3.05, 3.63) is 0 Å². The molecular weight excluding hydrogens is 210 g/mol. The van der Waals surface area contributed by atoms with Crippen molar-refractivity contribution >= 4 is 12.6 Å². The molecule has 0 radical (unpaired) electrons. The van der Waals surface area contributed by atoms with E-state index in [-0.39, 0.29) is 6.61 Å². The summed E-state index contributed by atoms with van der Waals surface area (Å²) < 4.78 is 5.05. The van der Waals surface area contributed by atoms with E-state index in [1.807, 2.05) is 0 Å². The van der Waals surface area contributed by atoms with E-state index in [4.69, 9.17) is 9.84 Å². The third kappa shape index (κ3) is 8.08. The molecule has 0 bridgehead atoms. The standard InChI is InChI=1S/C11H25NO2S/c1-3-4-11(10-15)9-12(5-7-13)6-8-14-2/h11,13,15H,3-10H2,1-2H3. The van der Waals surface area contributed by atoms with Crippen molar-refractivity contribution in [2.24, 2.45) is 5.92 Å². The Morgan fingerprint density at radius 2 is 2.13 bits per heavy atom. The molecule has 0 saturated heterocycles. The van der Waals surface area contributed by atoms with E-state index in [0.717, 1.165) is 32.0 Å². The van der Waals surface area contributed by atoms with Gasteiger partial charge in [0.15, 0.2) is 0 Å². The predicted octanol–water partition coefficient (Wildman–Crippen LogP) is 1.27. The third-order valence-electron chi connectivity index (χ3n) is 2.50. The minimum absolute atomic E-state index is 0.217. The number of nitrogens with zero attached hydrogens (tertiary/aromatic N) is 1. The van der Waals surface area contributed by atoms with Crippen LogP contribution in [0, 0.1) is 5.92 Å². The zero-order valence-corrected chi connectivity index (χ0v) is 10.9. The minimum Gasteiger partial charge on any atom is -0.395 e. The van der Waals surface area contributed by atoms with Gasteiger partial charge >= 0.3 is 0 Å². The maximum atomic E-state index is 8.95. The summed E-state index contributed by atoms with van der Waals surface area (Å²) in [6.07, 6.45) is 2.40. The van der Waals surface area contributed by atoms with E-state index >= 15 is 0 Å².